The minimum atomic E-state index is -0.900. The number of hydrogen-bond acceptors (Lipinski definition) is 0. The monoisotopic (exact) mass is 157 g/mol. The van der Waals surface area contributed by atoms with E-state index in [9.17, 15) is 13.9 Å². The molecule has 1 radical (unpaired) electrons. The lowest BCUT2D eigenvalue weighted by Gasteiger charge is -1.99. The van der Waals surface area contributed by atoms with Crippen LogP contribution in [0, 0.1) is 11.6 Å². The van der Waals surface area contributed by atoms with Gasteiger partial charge in [-0.05, 0) is 11.6 Å². The van der Waals surface area contributed by atoms with E-state index in [2.05, 4.69) is 0 Å². The fourth-order valence-electron chi connectivity index (χ4n) is 0.851. The average Bonchev–Trinajstić information content (AvgIpc) is 1.99. The van der Waals surface area contributed by atoms with Crippen molar-refractivity contribution in [2.45, 2.75) is 6.42 Å². The lowest BCUT2D eigenvalue weighted by Crippen LogP contribution is -1.96. The number of hydrogen-bond donors (Lipinski definition) is 0. The fraction of sp³-hybridized carbons (Fsp3) is 0.250. The summed E-state index contributed by atoms with van der Waals surface area (Å²) >= 11 is 0. The Morgan fingerprint density at radius 3 is 2.64 bits per heavy atom. The van der Waals surface area contributed by atoms with Crippen molar-refractivity contribution in [3.63, 3.8) is 0 Å². The minimum absolute atomic E-state index is 0.0452. The van der Waals surface area contributed by atoms with Gasteiger partial charge >= 0.3 is 0 Å². The standard InChI is InChI=1S/C8H7F2O/c9-7-3-1-2-6(4-5-11)8(7)10/h1-3H,4-5H2. The summed E-state index contributed by atoms with van der Waals surface area (Å²) in [6.07, 6.45) is 0.0452. The Morgan fingerprint density at radius 2 is 2.00 bits per heavy atom. The second kappa shape index (κ2) is 3.44. The van der Waals surface area contributed by atoms with Gasteiger partial charge in [0, 0.05) is 6.42 Å². The molecule has 0 aliphatic carbocycles. The number of rotatable bonds is 2. The molecule has 0 aromatic heterocycles. The second-order valence-electron chi connectivity index (χ2n) is 2.17. The van der Waals surface area contributed by atoms with Gasteiger partial charge in [-0.3, -0.25) is 0 Å². The molecule has 0 unspecified atom stereocenters. The molecule has 0 N–H and O–H groups in total. The summed E-state index contributed by atoms with van der Waals surface area (Å²) in [5.41, 5.74) is 0.153. The molecule has 0 spiro atoms. The molecule has 0 heterocycles. The van der Waals surface area contributed by atoms with E-state index in [-0.39, 0.29) is 12.0 Å². The molecule has 0 bridgehead atoms. The summed E-state index contributed by atoms with van der Waals surface area (Å²) in [6, 6.07) is 3.84. The average molecular weight is 157 g/mol. The minimum Gasteiger partial charge on any atom is -0.236 e. The van der Waals surface area contributed by atoms with Crippen molar-refractivity contribution in [1.82, 2.24) is 0 Å². The molecule has 59 valence electrons. The van der Waals surface area contributed by atoms with Gasteiger partial charge in [0.1, 0.15) is 0 Å². The maximum absolute atomic E-state index is 12.7. The first-order valence-electron chi connectivity index (χ1n) is 3.26. The van der Waals surface area contributed by atoms with E-state index in [1.807, 2.05) is 0 Å². The third kappa shape index (κ3) is 1.74. The van der Waals surface area contributed by atoms with Crippen LogP contribution in [0.5, 0.6) is 0 Å². The molecule has 3 heteroatoms. The van der Waals surface area contributed by atoms with Crippen molar-refractivity contribution in [2.24, 2.45) is 0 Å². The molecule has 0 aliphatic rings. The highest BCUT2D eigenvalue weighted by Crippen LogP contribution is 2.11. The van der Waals surface area contributed by atoms with E-state index < -0.39 is 18.2 Å². The highest BCUT2D eigenvalue weighted by molar-refractivity contribution is 5.18. The van der Waals surface area contributed by atoms with Crippen LogP contribution in [0.1, 0.15) is 5.56 Å². The highest BCUT2D eigenvalue weighted by Gasteiger charge is 2.05. The fourth-order valence-corrected chi connectivity index (χ4v) is 0.851. The first kappa shape index (κ1) is 8.14. The van der Waals surface area contributed by atoms with Crippen molar-refractivity contribution in [3.05, 3.63) is 35.4 Å². The normalized spacial score (nSPS) is 10.1. The number of benzene rings is 1. The molecule has 1 aromatic rings. The molecule has 11 heavy (non-hydrogen) atoms. The second-order valence-corrected chi connectivity index (χ2v) is 2.17. The molecule has 0 aliphatic heterocycles. The zero-order valence-electron chi connectivity index (χ0n) is 5.81. The molecule has 0 saturated carbocycles. The van der Waals surface area contributed by atoms with Crippen LogP contribution < -0.4 is 0 Å². The third-order valence-electron chi connectivity index (χ3n) is 1.40. The Labute approximate surface area is 63.3 Å². The Balaban J connectivity index is 2.96. The molecule has 1 nitrogen and oxygen atoms in total. The quantitative estimate of drug-likeness (QED) is 0.625. The Kier molecular flexibility index (Phi) is 2.54. The van der Waals surface area contributed by atoms with Gasteiger partial charge in [-0.2, -0.15) is 0 Å². The van der Waals surface area contributed by atoms with Gasteiger partial charge in [-0.1, -0.05) is 12.1 Å². The molecular weight excluding hydrogens is 150 g/mol. The maximum atomic E-state index is 12.7. The van der Waals surface area contributed by atoms with Crippen LogP contribution in [-0.2, 0) is 11.5 Å². The van der Waals surface area contributed by atoms with Gasteiger partial charge in [0.2, 0.25) is 0 Å². The van der Waals surface area contributed by atoms with Crippen LogP contribution in [0.25, 0.3) is 0 Å². The van der Waals surface area contributed by atoms with Gasteiger partial charge < -0.3 is 0 Å². The third-order valence-corrected chi connectivity index (χ3v) is 1.40. The predicted octanol–water partition coefficient (Wildman–Crippen LogP) is 1.94. The SMILES string of the molecule is [O]CCc1cccc(F)c1F. The molecule has 0 fully saturated rings. The van der Waals surface area contributed by atoms with Crippen molar-refractivity contribution in [1.29, 1.82) is 0 Å². The van der Waals surface area contributed by atoms with Crippen molar-refractivity contribution < 1.29 is 13.9 Å². The van der Waals surface area contributed by atoms with Crippen LogP contribution in [0.3, 0.4) is 0 Å². The lowest BCUT2D eigenvalue weighted by atomic mass is 10.1. The van der Waals surface area contributed by atoms with Crippen molar-refractivity contribution >= 4 is 0 Å². The van der Waals surface area contributed by atoms with Crippen LogP contribution in [-0.4, -0.2) is 6.61 Å². The van der Waals surface area contributed by atoms with Gasteiger partial charge in [-0.15, -0.1) is 0 Å². The Bertz CT molecular complexity index is 248. The van der Waals surface area contributed by atoms with Crippen LogP contribution >= 0.6 is 0 Å². The van der Waals surface area contributed by atoms with Gasteiger partial charge in [0.15, 0.2) is 11.6 Å². The molecule has 1 aromatic carbocycles. The zero-order valence-corrected chi connectivity index (χ0v) is 5.81. The molecule has 0 amide bonds. The van der Waals surface area contributed by atoms with E-state index in [1.165, 1.54) is 12.1 Å². The molecule has 0 atom stereocenters. The zero-order chi connectivity index (χ0) is 8.27. The summed E-state index contributed by atoms with van der Waals surface area (Å²) in [7, 11) is 0. The largest absolute Gasteiger partial charge is 0.236 e. The van der Waals surface area contributed by atoms with Crippen molar-refractivity contribution in [2.75, 3.05) is 6.61 Å². The van der Waals surface area contributed by atoms with E-state index in [0.717, 1.165) is 6.07 Å². The van der Waals surface area contributed by atoms with E-state index in [1.54, 1.807) is 0 Å². The van der Waals surface area contributed by atoms with Gasteiger partial charge in [0.25, 0.3) is 0 Å². The highest BCUT2D eigenvalue weighted by atomic mass is 19.2. The summed E-state index contributed by atoms with van der Waals surface area (Å²) in [4.78, 5) is 0. The number of halogens is 2. The van der Waals surface area contributed by atoms with Crippen LogP contribution in [0.15, 0.2) is 18.2 Å². The molecular formula is C8H7F2O. The van der Waals surface area contributed by atoms with E-state index in [4.69, 9.17) is 0 Å². The van der Waals surface area contributed by atoms with Gasteiger partial charge in [-0.25, -0.2) is 13.9 Å². The lowest BCUT2D eigenvalue weighted by molar-refractivity contribution is 0.196. The first-order chi connectivity index (χ1) is 5.25. The summed E-state index contributed by atoms with van der Waals surface area (Å²) < 4.78 is 25.1. The summed E-state index contributed by atoms with van der Waals surface area (Å²) in [5, 5.41) is 10.1. The van der Waals surface area contributed by atoms with Gasteiger partial charge in [0.05, 0.1) is 6.61 Å². The molecule has 0 saturated heterocycles. The Morgan fingerprint density at radius 1 is 1.27 bits per heavy atom. The smallest absolute Gasteiger partial charge is 0.162 e. The Hall–Kier alpha value is -0.960. The van der Waals surface area contributed by atoms with E-state index >= 15 is 0 Å². The predicted molar refractivity (Wildman–Crippen MR) is 35.6 cm³/mol. The van der Waals surface area contributed by atoms with Crippen LogP contribution in [0.2, 0.25) is 0 Å². The topological polar surface area (TPSA) is 19.9 Å². The molecule has 1 rings (SSSR count). The summed E-state index contributed by atoms with van der Waals surface area (Å²) in [5.74, 6) is -1.79. The summed E-state index contributed by atoms with van der Waals surface area (Å²) in [6.45, 7) is -0.416. The van der Waals surface area contributed by atoms with Crippen LogP contribution in [0.4, 0.5) is 8.78 Å². The van der Waals surface area contributed by atoms with Crippen molar-refractivity contribution in [3.8, 4) is 0 Å². The van der Waals surface area contributed by atoms with E-state index in [0.29, 0.717) is 0 Å². The first-order valence-corrected chi connectivity index (χ1v) is 3.26. The maximum Gasteiger partial charge on any atom is 0.162 e.